The fraction of sp³-hybridized carbons (Fsp3) is 0.500. The Bertz CT molecular complexity index is 730. The zero-order valence-corrected chi connectivity index (χ0v) is 13.9. The molecule has 3 N–H and O–H groups in total. The Balaban J connectivity index is 0.000000188. The Hall–Kier alpha value is -2.88. The first-order valence-electron chi connectivity index (χ1n) is 8.22. The van der Waals surface area contributed by atoms with Crippen molar-refractivity contribution >= 4 is 23.5 Å². The van der Waals surface area contributed by atoms with Crippen LogP contribution in [-0.2, 0) is 19.2 Å². The Morgan fingerprint density at radius 2 is 1.42 bits per heavy atom. The van der Waals surface area contributed by atoms with Gasteiger partial charge in [-0.2, -0.15) is 0 Å². The van der Waals surface area contributed by atoms with Crippen molar-refractivity contribution in [2.75, 3.05) is 39.3 Å². The number of hydrogen-bond acceptors (Lipinski definition) is 8. The second-order valence-corrected chi connectivity index (χ2v) is 6.33. The normalized spacial score (nSPS) is 21.7. The number of carboxylic acid groups (broad SMARTS) is 2. The molecule has 0 aromatic carbocycles. The smallest absolute Gasteiger partial charge is 0.333 e. The second-order valence-electron chi connectivity index (χ2n) is 6.33. The molecule has 0 aromatic heterocycles. The van der Waals surface area contributed by atoms with Crippen molar-refractivity contribution in [2.24, 2.45) is 0 Å². The zero-order chi connectivity index (χ0) is 19.0. The highest BCUT2D eigenvalue weighted by Crippen LogP contribution is 2.33. The topological polar surface area (TPSA) is 138 Å². The number of allylic oxidation sites excluding steroid dienone is 1. The number of nitrogens with zero attached hydrogens (tertiary/aromatic N) is 3. The van der Waals surface area contributed by atoms with E-state index < -0.39 is 24.5 Å². The van der Waals surface area contributed by atoms with Crippen LogP contribution >= 0.6 is 0 Å². The molecule has 3 saturated heterocycles. The van der Waals surface area contributed by atoms with Gasteiger partial charge in [0.1, 0.15) is 11.4 Å². The molecule has 1 aliphatic carbocycles. The maximum absolute atomic E-state index is 12.4. The molecule has 0 radical (unpaired) electrons. The molecule has 3 fully saturated rings. The van der Waals surface area contributed by atoms with E-state index in [0.29, 0.717) is 17.1 Å². The Morgan fingerprint density at radius 1 is 0.923 bits per heavy atom. The summed E-state index contributed by atoms with van der Waals surface area (Å²) in [5.74, 6) is -2.80. The van der Waals surface area contributed by atoms with Gasteiger partial charge in [0.25, 0.3) is 0 Å². The summed E-state index contributed by atoms with van der Waals surface area (Å²) in [6, 6.07) is 0. The Morgan fingerprint density at radius 3 is 1.81 bits per heavy atom. The predicted molar refractivity (Wildman–Crippen MR) is 85.7 cm³/mol. The standard InChI is InChI=1S/C12H13N3O2.C4H6O5/c16-9-7-8(13-1-2-13)12(17)11(15-5-6-15)10(9)14-3-4-14;5-2(4(8)9)1-3(6)7/h7H,1-6H2;2,5H,1H2,(H,6,7)(H,8,9). The van der Waals surface area contributed by atoms with Crippen LogP contribution < -0.4 is 0 Å². The average Bonchev–Trinajstić information content (AvgIpc) is 3.41. The molecule has 3 heterocycles. The van der Waals surface area contributed by atoms with E-state index in [1.54, 1.807) is 0 Å². The van der Waals surface area contributed by atoms with E-state index in [1.165, 1.54) is 6.08 Å². The summed E-state index contributed by atoms with van der Waals surface area (Å²) < 4.78 is 0. The summed E-state index contributed by atoms with van der Waals surface area (Å²) in [4.78, 5) is 49.9. The summed E-state index contributed by atoms with van der Waals surface area (Å²) in [6.07, 6.45) is -1.02. The molecule has 3 aliphatic heterocycles. The van der Waals surface area contributed by atoms with Gasteiger partial charge in [-0.3, -0.25) is 14.4 Å². The van der Waals surface area contributed by atoms with Crippen LogP contribution in [0.15, 0.2) is 23.2 Å². The highest BCUT2D eigenvalue weighted by atomic mass is 16.4. The number of hydrogen-bond donors (Lipinski definition) is 3. The molecule has 10 heteroatoms. The predicted octanol–water partition coefficient (Wildman–Crippen LogP) is -1.91. The van der Waals surface area contributed by atoms with Gasteiger partial charge < -0.3 is 30.0 Å². The van der Waals surface area contributed by atoms with Crippen LogP contribution in [0.25, 0.3) is 0 Å². The minimum atomic E-state index is -1.79. The van der Waals surface area contributed by atoms with Crippen LogP contribution in [0.1, 0.15) is 6.42 Å². The Labute approximate surface area is 148 Å². The third-order valence-electron chi connectivity index (χ3n) is 4.14. The number of rotatable bonds is 6. The van der Waals surface area contributed by atoms with E-state index in [2.05, 4.69) is 0 Å². The summed E-state index contributed by atoms with van der Waals surface area (Å²) in [6.45, 7) is 5.41. The molecule has 1 unspecified atom stereocenters. The monoisotopic (exact) mass is 365 g/mol. The SMILES string of the molecule is O=C(O)CC(O)C(=O)O.O=C1C=C(N2CC2)C(=O)C(N2CC2)=C1N1CC1. The molecule has 0 saturated carbocycles. The molecular formula is C16H19N3O7. The van der Waals surface area contributed by atoms with Gasteiger partial charge in [0, 0.05) is 45.3 Å². The van der Waals surface area contributed by atoms with Crippen molar-refractivity contribution in [1.82, 2.24) is 14.7 Å². The molecule has 10 nitrogen and oxygen atoms in total. The zero-order valence-electron chi connectivity index (χ0n) is 13.9. The fourth-order valence-electron chi connectivity index (χ4n) is 2.53. The lowest BCUT2D eigenvalue weighted by Crippen LogP contribution is -2.29. The minimum absolute atomic E-state index is 0.00546. The van der Waals surface area contributed by atoms with Crippen LogP contribution in [0.5, 0.6) is 0 Å². The number of aliphatic carboxylic acids is 2. The maximum Gasteiger partial charge on any atom is 0.333 e. The molecule has 0 spiro atoms. The summed E-state index contributed by atoms with van der Waals surface area (Å²) in [5.41, 5.74) is 1.89. The summed E-state index contributed by atoms with van der Waals surface area (Å²) in [7, 11) is 0. The number of ketones is 2. The van der Waals surface area contributed by atoms with Crippen LogP contribution in [0, 0.1) is 0 Å². The van der Waals surface area contributed by atoms with Crippen molar-refractivity contribution in [1.29, 1.82) is 0 Å². The van der Waals surface area contributed by atoms with E-state index in [0.717, 1.165) is 39.3 Å². The summed E-state index contributed by atoms with van der Waals surface area (Å²) in [5, 5.41) is 24.1. The van der Waals surface area contributed by atoms with Crippen LogP contribution in [0.4, 0.5) is 0 Å². The maximum atomic E-state index is 12.4. The van der Waals surface area contributed by atoms with Crippen molar-refractivity contribution in [2.45, 2.75) is 12.5 Å². The van der Waals surface area contributed by atoms with Crippen molar-refractivity contribution in [3.05, 3.63) is 23.2 Å². The number of aliphatic hydroxyl groups is 1. The quantitative estimate of drug-likeness (QED) is 0.361. The lowest BCUT2D eigenvalue weighted by molar-refractivity contribution is -0.152. The van der Waals surface area contributed by atoms with E-state index in [-0.39, 0.29) is 11.6 Å². The van der Waals surface area contributed by atoms with E-state index >= 15 is 0 Å². The molecule has 0 aromatic rings. The van der Waals surface area contributed by atoms with Crippen molar-refractivity contribution < 1.29 is 34.5 Å². The third-order valence-corrected chi connectivity index (χ3v) is 4.14. The van der Waals surface area contributed by atoms with Crippen molar-refractivity contribution in [3.63, 3.8) is 0 Å². The first-order chi connectivity index (χ1) is 12.3. The number of carbonyl (C=O) groups excluding carboxylic acids is 2. The molecule has 4 rings (SSSR count). The first kappa shape index (κ1) is 17.9. The molecule has 140 valence electrons. The summed E-state index contributed by atoms with van der Waals surface area (Å²) >= 11 is 0. The molecule has 0 amide bonds. The second kappa shape index (κ2) is 6.79. The van der Waals surface area contributed by atoms with Crippen LogP contribution in [-0.4, -0.2) is 98.9 Å². The molecule has 0 bridgehead atoms. The number of aliphatic hydroxyl groups excluding tert-OH is 1. The largest absolute Gasteiger partial charge is 0.481 e. The highest BCUT2D eigenvalue weighted by Gasteiger charge is 2.43. The van der Waals surface area contributed by atoms with E-state index in [4.69, 9.17) is 15.3 Å². The van der Waals surface area contributed by atoms with Gasteiger partial charge >= 0.3 is 11.9 Å². The van der Waals surface area contributed by atoms with Gasteiger partial charge in [-0.25, -0.2) is 4.79 Å². The van der Waals surface area contributed by atoms with Gasteiger partial charge in [0.2, 0.25) is 11.6 Å². The van der Waals surface area contributed by atoms with Crippen LogP contribution in [0.2, 0.25) is 0 Å². The van der Waals surface area contributed by atoms with Gasteiger partial charge in [0.05, 0.1) is 12.1 Å². The number of carbonyl (C=O) groups is 4. The van der Waals surface area contributed by atoms with Gasteiger partial charge in [-0.05, 0) is 0 Å². The van der Waals surface area contributed by atoms with Gasteiger partial charge in [-0.1, -0.05) is 0 Å². The fourth-order valence-corrected chi connectivity index (χ4v) is 2.53. The van der Waals surface area contributed by atoms with Gasteiger partial charge in [-0.15, -0.1) is 0 Å². The third kappa shape index (κ3) is 4.02. The average molecular weight is 365 g/mol. The van der Waals surface area contributed by atoms with Crippen molar-refractivity contribution in [3.8, 4) is 0 Å². The van der Waals surface area contributed by atoms with Gasteiger partial charge in [0.15, 0.2) is 6.10 Å². The lowest BCUT2D eigenvalue weighted by atomic mass is 10.0. The van der Waals surface area contributed by atoms with E-state index in [9.17, 15) is 19.2 Å². The number of carboxylic acids is 2. The Kier molecular flexibility index (Phi) is 4.68. The van der Waals surface area contributed by atoms with E-state index in [1.807, 2.05) is 14.7 Å². The molecule has 4 aliphatic rings. The highest BCUT2D eigenvalue weighted by molar-refractivity contribution is 6.22. The minimum Gasteiger partial charge on any atom is -0.481 e. The molecule has 1 atom stereocenters. The first-order valence-corrected chi connectivity index (χ1v) is 8.22. The number of Topliss-reactive ketones (excluding diaryl/α,β-unsaturated/α-hetero) is 1. The molecular weight excluding hydrogens is 346 g/mol. The molecule has 26 heavy (non-hydrogen) atoms. The lowest BCUT2D eigenvalue weighted by Gasteiger charge is -2.21. The van der Waals surface area contributed by atoms with Crippen LogP contribution in [0.3, 0.4) is 0 Å².